The van der Waals surface area contributed by atoms with Crippen LogP contribution in [-0.2, 0) is 12.3 Å². The van der Waals surface area contributed by atoms with Gasteiger partial charge in [-0.2, -0.15) is 0 Å². The maximum atomic E-state index is 13.4. The first-order valence-electron chi connectivity index (χ1n) is 11.1. The molecule has 3 aromatic carbocycles. The Bertz CT molecular complexity index is 1650. The van der Waals surface area contributed by atoms with Gasteiger partial charge in [0.05, 0.1) is 17.4 Å². The second-order valence-corrected chi connectivity index (χ2v) is 9.49. The molecule has 0 aliphatic rings. The van der Waals surface area contributed by atoms with Crippen molar-refractivity contribution < 1.29 is 4.42 Å². The molecule has 0 saturated carbocycles. The van der Waals surface area contributed by atoms with Gasteiger partial charge in [-0.05, 0) is 55.2 Å². The minimum atomic E-state index is -0.375. The molecule has 5 rings (SSSR count). The zero-order valence-corrected chi connectivity index (χ0v) is 20.1. The lowest BCUT2D eigenvalue weighted by molar-refractivity contribution is 0.557. The van der Waals surface area contributed by atoms with Crippen LogP contribution in [0.25, 0.3) is 21.9 Å². The number of benzene rings is 3. The predicted octanol–water partition coefficient (Wildman–Crippen LogP) is 5.77. The topological polar surface area (TPSA) is 65.1 Å². The van der Waals surface area contributed by atoms with E-state index in [-0.39, 0.29) is 11.2 Å². The molecule has 0 N–H and O–H groups in total. The van der Waals surface area contributed by atoms with E-state index >= 15 is 0 Å². The lowest BCUT2D eigenvalue weighted by Gasteiger charge is -2.14. The molecule has 6 heteroatoms. The van der Waals surface area contributed by atoms with E-state index < -0.39 is 0 Å². The lowest BCUT2D eigenvalue weighted by atomic mass is 10.0. The Balaban J connectivity index is 1.59. The molecule has 0 amide bonds. The quantitative estimate of drug-likeness (QED) is 0.186. The lowest BCUT2D eigenvalue weighted by Crippen LogP contribution is -2.24. The molecule has 0 atom stereocenters. The summed E-state index contributed by atoms with van der Waals surface area (Å²) in [7, 11) is 0. The molecule has 5 nitrogen and oxygen atoms in total. The largest absolute Gasteiger partial charge is 0.422 e. The maximum absolute atomic E-state index is 13.4. The Morgan fingerprint density at radius 1 is 0.912 bits per heavy atom. The highest BCUT2D eigenvalue weighted by Crippen LogP contribution is 2.29. The van der Waals surface area contributed by atoms with Crippen molar-refractivity contribution >= 4 is 33.6 Å². The fourth-order valence-corrected chi connectivity index (χ4v) is 5.05. The molecule has 0 saturated heterocycles. The molecule has 2 aromatic heterocycles. The SMILES string of the molecule is Cc1ccc(Cn2c(SCc3cc(=O)oc4c(C)c(C)ccc34)nc3ccccc3c2=O)cc1. The van der Waals surface area contributed by atoms with E-state index in [1.54, 1.807) is 4.57 Å². The fraction of sp³-hybridized carbons (Fsp3) is 0.179. The second-order valence-electron chi connectivity index (χ2n) is 8.55. The summed E-state index contributed by atoms with van der Waals surface area (Å²) in [5.74, 6) is 0.489. The van der Waals surface area contributed by atoms with Crippen LogP contribution in [0.1, 0.15) is 27.8 Å². The number of hydrogen-bond donors (Lipinski definition) is 0. The van der Waals surface area contributed by atoms with Crippen LogP contribution >= 0.6 is 11.8 Å². The van der Waals surface area contributed by atoms with Crippen LogP contribution < -0.4 is 11.2 Å². The molecule has 0 unspecified atom stereocenters. The van der Waals surface area contributed by atoms with Crippen LogP contribution in [0.2, 0.25) is 0 Å². The first kappa shape index (κ1) is 22.2. The molecule has 170 valence electrons. The number of thioether (sulfide) groups is 1. The van der Waals surface area contributed by atoms with Crippen molar-refractivity contribution in [2.24, 2.45) is 0 Å². The normalized spacial score (nSPS) is 11.4. The van der Waals surface area contributed by atoms with E-state index in [1.165, 1.54) is 23.4 Å². The number of fused-ring (bicyclic) bond motifs is 2. The number of aromatic nitrogens is 2. The highest BCUT2D eigenvalue weighted by molar-refractivity contribution is 7.98. The molecule has 2 heterocycles. The van der Waals surface area contributed by atoms with Crippen LogP contribution in [0, 0.1) is 20.8 Å². The van der Waals surface area contributed by atoms with Crippen molar-refractivity contribution in [2.45, 2.75) is 38.2 Å². The van der Waals surface area contributed by atoms with Gasteiger partial charge in [0.15, 0.2) is 5.16 Å². The maximum Gasteiger partial charge on any atom is 0.336 e. The number of para-hydroxylation sites is 1. The Kier molecular flexibility index (Phi) is 5.84. The molecule has 0 radical (unpaired) electrons. The van der Waals surface area contributed by atoms with E-state index in [2.05, 4.69) is 0 Å². The Hall–Kier alpha value is -3.64. The predicted molar refractivity (Wildman–Crippen MR) is 138 cm³/mol. The van der Waals surface area contributed by atoms with Crippen LogP contribution in [0.5, 0.6) is 0 Å². The van der Waals surface area contributed by atoms with E-state index in [4.69, 9.17) is 9.40 Å². The van der Waals surface area contributed by atoms with Gasteiger partial charge < -0.3 is 4.42 Å². The molecule has 0 fully saturated rings. The number of hydrogen-bond acceptors (Lipinski definition) is 5. The van der Waals surface area contributed by atoms with Gasteiger partial charge in [0.2, 0.25) is 0 Å². The average Bonchev–Trinajstić information content (AvgIpc) is 2.83. The summed E-state index contributed by atoms with van der Waals surface area (Å²) in [6.07, 6.45) is 0. The molecular formula is C28H24N2O3S. The summed E-state index contributed by atoms with van der Waals surface area (Å²) < 4.78 is 7.24. The molecule has 0 spiro atoms. The van der Waals surface area contributed by atoms with Crippen LogP contribution in [-0.4, -0.2) is 9.55 Å². The van der Waals surface area contributed by atoms with E-state index in [0.29, 0.717) is 33.9 Å². The highest BCUT2D eigenvalue weighted by Gasteiger charge is 2.15. The third-order valence-electron chi connectivity index (χ3n) is 6.16. The van der Waals surface area contributed by atoms with Crippen molar-refractivity contribution in [1.82, 2.24) is 9.55 Å². The first-order chi connectivity index (χ1) is 16.4. The van der Waals surface area contributed by atoms with Crippen molar-refractivity contribution in [3.8, 4) is 0 Å². The van der Waals surface area contributed by atoms with Crippen molar-refractivity contribution in [3.05, 3.63) is 115 Å². The zero-order chi connectivity index (χ0) is 23.8. The van der Waals surface area contributed by atoms with Gasteiger partial charge in [-0.15, -0.1) is 0 Å². The van der Waals surface area contributed by atoms with Crippen LogP contribution in [0.15, 0.2) is 85.9 Å². The van der Waals surface area contributed by atoms with Crippen molar-refractivity contribution in [3.63, 3.8) is 0 Å². The number of rotatable bonds is 5. The molecule has 5 aromatic rings. The van der Waals surface area contributed by atoms with Gasteiger partial charge in [0, 0.05) is 17.2 Å². The van der Waals surface area contributed by atoms with Gasteiger partial charge in [-0.1, -0.05) is 65.9 Å². The summed E-state index contributed by atoms with van der Waals surface area (Å²) in [5, 5.41) is 2.12. The van der Waals surface area contributed by atoms with E-state index in [0.717, 1.165) is 27.6 Å². The van der Waals surface area contributed by atoms with Crippen LogP contribution in [0.3, 0.4) is 0 Å². The summed E-state index contributed by atoms with van der Waals surface area (Å²) in [5.41, 5.74) is 5.93. The smallest absolute Gasteiger partial charge is 0.336 e. The highest BCUT2D eigenvalue weighted by atomic mass is 32.2. The summed E-state index contributed by atoms with van der Waals surface area (Å²) in [6, 6.07) is 21.1. The minimum absolute atomic E-state index is 0.0717. The Labute approximate surface area is 201 Å². The fourth-order valence-electron chi connectivity index (χ4n) is 4.06. The third-order valence-corrected chi connectivity index (χ3v) is 7.19. The average molecular weight is 469 g/mol. The summed E-state index contributed by atoms with van der Waals surface area (Å²) >= 11 is 1.46. The van der Waals surface area contributed by atoms with Gasteiger partial charge in [0.25, 0.3) is 5.56 Å². The number of aryl methyl sites for hydroxylation is 3. The monoisotopic (exact) mass is 468 g/mol. The second kappa shape index (κ2) is 8.95. The zero-order valence-electron chi connectivity index (χ0n) is 19.3. The molecule has 0 bridgehead atoms. The van der Waals surface area contributed by atoms with Crippen molar-refractivity contribution in [2.75, 3.05) is 0 Å². The summed E-state index contributed by atoms with van der Waals surface area (Å²) in [6.45, 7) is 6.43. The van der Waals surface area contributed by atoms with E-state index in [1.807, 2.05) is 81.4 Å². The Morgan fingerprint density at radius 3 is 2.47 bits per heavy atom. The third kappa shape index (κ3) is 4.17. The molecule has 34 heavy (non-hydrogen) atoms. The first-order valence-corrected chi connectivity index (χ1v) is 12.1. The molecule has 0 aliphatic heterocycles. The van der Waals surface area contributed by atoms with Gasteiger partial charge in [-0.3, -0.25) is 9.36 Å². The Morgan fingerprint density at radius 2 is 1.68 bits per heavy atom. The minimum Gasteiger partial charge on any atom is -0.422 e. The molecule has 0 aliphatic carbocycles. The van der Waals surface area contributed by atoms with Gasteiger partial charge in [0.1, 0.15) is 5.58 Å². The van der Waals surface area contributed by atoms with Crippen molar-refractivity contribution in [1.29, 1.82) is 0 Å². The standard InChI is InChI=1S/C28H24N2O3S/c1-17-8-11-20(12-9-17)15-30-27(32)23-6-4-5-7-24(23)29-28(30)34-16-21-14-25(31)33-26-19(3)18(2)10-13-22(21)26/h4-14H,15-16H2,1-3H3. The molecular weight excluding hydrogens is 444 g/mol. The van der Waals surface area contributed by atoms with E-state index in [9.17, 15) is 9.59 Å². The number of nitrogens with zero attached hydrogens (tertiary/aromatic N) is 2. The van der Waals surface area contributed by atoms with Crippen LogP contribution in [0.4, 0.5) is 0 Å². The van der Waals surface area contributed by atoms with Gasteiger partial charge in [-0.25, -0.2) is 9.78 Å². The van der Waals surface area contributed by atoms with Gasteiger partial charge >= 0.3 is 5.63 Å². The summed E-state index contributed by atoms with van der Waals surface area (Å²) in [4.78, 5) is 30.5.